The van der Waals surface area contributed by atoms with Crippen molar-refractivity contribution in [2.75, 3.05) is 0 Å². The summed E-state index contributed by atoms with van der Waals surface area (Å²) in [6.45, 7) is 0.603. The summed E-state index contributed by atoms with van der Waals surface area (Å²) in [7, 11) is 2.03. The van der Waals surface area contributed by atoms with E-state index < -0.39 is 0 Å². The maximum atomic E-state index is 12.7. The molecule has 2 aromatic heterocycles. The Kier molecular flexibility index (Phi) is 2.28. The molecule has 25 heavy (non-hydrogen) atoms. The Balaban J connectivity index is 1.87. The van der Waals surface area contributed by atoms with Gasteiger partial charge in [0.05, 0.1) is 22.8 Å². The standard InChI is InChI=1S/C20H16N4O/c1-24-15-7-6-11-16(12(15)9-22-24)18-13(8-21-20(18)25)17-10-4-2-3-5-14(10)23-19(11)17/h2-5,9H,6-8H2,1H3,(H2,21,23,25)/p+1. The van der Waals surface area contributed by atoms with Crippen molar-refractivity contribution in [3.05, 3.63) is 52.8 Å². The van der Waals surface area contributed by atoms with Crippen molar-refractivity contribution in [2.45, 2.75) is 19.4 Å². The molecular formula is C20H17N4O+. The molecule has 2 aromatic carbocycles. The minimum absolute atomic E-state index is 0.0511. The zero-order valence-corrected chi connectivity index (χ0v) is 13.9. The van der Waals surface area contributed by atoms with Crippen molar-refractivity contribution in [1.82, 2.24) is 15.4 Å². The maximum absolute atomic E-state index is 12.7. The number of carbonyl (C=O) groups excluding carboxylic acids is 1. The second-order valence-corrected chi connectivity index (χ2v) is 7.00. The number of H-pyrrole nitrogens is 2. The molecule has 4 aromatic rings. The van der Waals surface area contributed by atoms with Crippen LogP contribution in [0.25, 0.3) is 32.9 Å². The number of aromatic amines is 2. The van der Waals surface area contributed by atoms with Gasteiger partial charge in [0.2, 0.25) is 5.69 Å². The molecular weight excluding hydrogens is 312 g/mol. The van der Waals surface area contributed by atoms with Crippen LogP contribution in [-0.2, 0) is 26.4 Å². The normalized spacial score (nSPS) is 15.3. The molecule has 0 spiro atoms. The largest absolute Gasteiger partial charge is 0.354 e. The molecule has 0 saturated heterocycles. The van der Waals surface area contributed by atoms with E-state index in [9.17, 15) is 4.79 Å². The van der Waals surface area contributed by atoms with Gasteiger partial charge in [-0.25, -0.2) is 0 Å². The number of rotatable bonds is 0. The minimum atomic E-state index is 0.0511. The zero-order valence-electron chi connectivity index (χ0n) is 13.9. The number of fused-ring (bicyclic) bond motifs is 10. The van der Waals surface area contributed by atoms with Gasteiger partial charge in [0.25, 0.3) is 5.91 Å². The molecule has 6 rings (SSSR count). The van der Waals surface area contributed by atoms with E-state index >= 15 is 0 Å². The highest BCUT2D eigenvalue weighted by atomic mass is 16.1. The van der Waals surface area contributed by atoms with E-state index in [0.29, 0.717) is 6.54 Å². The molecule has 1 aliphatic heterocycles. The van der Waals surface area contributed by atoms with Gasteiger partial charge < -0.3 is 10.3 Å². The number of nitrogens with zero attached hydrogens (tertiary/aromatic N) is 1. The van der Waals surface area contributed by atoms with E-state index in [0.717, 1.165) is 40.6 Å². The van der Waals surface area contributed by atoms with Gasteiger partial charge in [-0.15, -0.1) is 4.68 Å². The average molecular weight is 329 g/mol. The van der Waals surface area contributed by atoms with Gasteiger partial charge in [-0.05, 0) is 23.6 Å². The second kappa shape index (κ2) is 4.30. The molecule has 0 unspecified atom stereocenters. The van der Waals surface area contributed by atoms with E-state index in [2.05, 4.69) is 44.3 Å². The van der Waals surface area contributed by atoms with Crippen LogP contribution < -0.4 is 10.00 Å². The topological polar surface area (TPSA) is 64.6 Å². The van der Waals surface area contributed by atoms with Crippen LogP contribution in [0.4, 0.5) is 0 Å². The first kappa shape index (κ1) is 13.2. The van der Waals surface area contributed by atoms with Gasteiger partial charge in [-0.2, -0.15) is 5.10 Å². The number of nitrogens with one attached hydrogen (secondary N) is 3. The molecule has 0 bridgehead atoms. The van der Waals surface area contributed by atoms with Crippen LogP contribution >= 0.6 is 0 Å². The molecule has 0 fully saturated rings. The van der Waals surface area contributed by atoms with Crippen LogP contribution in [0.1, 0.15) is 27.2 Å². The fraction of sp³-hybridized carbons (Fsp3) is 0.200. The van der Waals surface area contributed by atoms with E-state index in [1.807, 2.05) is 13.2 Å². The molecule has 5 nitrogen and oxygen atoms in total. The first-order valence-corrected chi connectivity index (χ1v) is 8.67. The van der Waals surface area contributed by atoms with E-state index in [-0.39, 0.29) is 5.91 Å². The number of para-hydroxylation sites is 1. The minimum Gasteiger partial charge on any atom is -0.354 e. The van der Waals surface area contributed by atoms with Gasteiger partial charge in [-0.3, -0.25) is 4.79 Å². The van der Waals surface area contributed by atoms with Crippen LogP contribution in [-0.4, -0.2) is 16.0 Å². The third kappa shape index (κ3) is 1.49. The summed E-state index contributed by atoms with van der Waals surface area (Å²) >= 11 is 0. The van der Waals surface area contributed by atoms with E-state index in [1.165, 1.54) is 27.5 Å². The molecule has 0 atom stereocenters. The smallest absolute Gasteiger partial charge is 0.252 e. The number of hydrogen-bond acceptors (Lipinski definition) is 1. The summed E-state index contributed by atoms with van der Waals surface area (Å²) < 4.78 is 2.06. The first-order valence-electron chi connectivity index (χ1n) is 8.67. The van der Waals surface area contributed by atoms with Crippen molar-refractivity contribution in [3.63, 3.8) is 0 Å². The molecule has 1 amide bonds. The average Bonchev–Trinajstić information content (AvgIpc) is 3.30. The Morgan fingerprint density at radius 2 is 1.96 bits per heavy atom. The Morgan fingerprint density at radius 3 is 2.88 bits per heavy atom. The number of benzene rings is 2. The lowest BCUT2D eigenvalue weighted by molar-refractivity contribution is -0.733. The van der Waals surface area contributed by atoms with Crippen LogP contribution in [0.3, 0.4) is 0 Å². The Labute approximate surface area is 143 Å². The molecule has 122 valence electrons. The van der Waals surface area contributed by atoms with Crippen molar-refractivity contribution in [2.24, 2.45) is 7.05 Å². The van der Waals surface area contributed by atoms with E-state index in [1.54, 1.807) is 0 Å². The molecule has 3 heterocycles. The van der Waals surface area contributed by atoms with Crippen LogP contribution in [0.15, 0.2) is 30.5 Å². The lowest BCUT2D eigenvalue weighted by Crippen LogP contribution is -2.35. The fourth-order valence-corrected chi connectivity index (χ4v) is 4.73. The number of hydrogen-bond donors (Lipinski definition) is 3. The summed E-state index contributed by atoms with van der Waals surface area (Å²) in [4.78, 5) is 16.3. The highest BCUT2D eigenvalue weighted by molar-refractivity contribution is 6.18. The van der Waals surface area contributed by atoms with Crippen LogP contribution in [0.5, 0.6) is 0 Å². The Hall–Kier alpha value is -3.08. The predicted molar refractivity (Wildman–Crippen MR) is 95.3 cm³/mol. The van der Waals surface area contributed by atoms with Gasteiger partial charge in [-0.1, -0.05) is 18.2 Å². The molecule has 0 saturated carbocycles. The summed E-state index contributed by atoms with van der Waals surface area (Å²) in [5, 5.41) is 8.75. The predicted octanol–water partition coefficient (Wildman–Crippen LogP) is 2.48. The first-order chi connectivity index (χ1) is 12.2. The van der Waals surface area contributed by atoms with Gasteiger partial charge in [0.1, 0.15) is 0 Å². The summed E-state index contributed by atoms with van der Waals surface area (Å²) in [5.74, 6) is 0.0511. The lowest BCUT2D eigenvalue weighted by atomic mass is 9.83. The summed E-state index contributed by atoms with van der Waals surface area (Å²) in [5.41, 5.74) is 9.15. The van der Waals surface area contributed by atoms with Crippen LogP contribution in [0.2, 0.25) is 0 Å². The van der Waals surface area contributed by atoms with Crippen molar-refractivity contribution in [3.8, 4) is 11.1 Å². The SMILES string of the molecule is C[n+]1[nH]cc2c1CCc1c-2c2c(c3c1[nH]c1ccccc13)CNC2=O. The van der Waals surface area contributed by atoms with Crippen molar-refractivity contribution < 1.29 is 9.48 Å². The molecule has 3 N–H and O–H groups in total. The Bertz CT molecular complexity index is 1230. The highest BCUT2D eigenvalue weighted by Gasteiger charge is 2.36. The Morgan fingerprint density at radius 1 is 1.08 bits per heavy atom. The second-order valence-electron chi connectivity index (χ2n) is 7.00. The quantitative estimate of drug-likeness (QED) is 0.426. The third-order valence-corrected chi connectivity index (χ3v) is 5.82. The van der Waals surface area contributed by atoms with E-state index in [4.69, 9.17) is 0 Å². The van der Waals surface area contributed by atoms with Crippen molar-refractivity contribution >= 4 is 27.7 Å². The zero-order chi connectivity index (χ0) is 16.7. The molecule has 5 heteroatoms. The van der Waals surface area contributed by atoms with Gasteiger partial charge in [0, 0.05) is 34.8 Å². The van der Waals surface area contributed by atoms with Crippen molar-refractivity contribution in [1.29, 1.82) is 0 Å². The highest BCUT2D eigenvalue weighted by Crippen LogP contribution is 2.44. The number of carbonyl (C=O) groups is 1. The maximum Gasteiger partial charge on any atom is 0.252 e. The summed E-state index contributed by atoms with van der Waals surface area (Å²) in [6, 6.07) is 8.38. The number of amides is 1. The van der Waals surface area contributed by atoms with Gasteiger partial charge in [0.15, 0.2) is 7.05 Å². The molecule has 0 radical (unpaired) electrons. The molecule has 1 aliphatic carbocycles. The van der Waals surface area contributed by atoms with Gasteiger partial charge >= 0.3 is 0 Å². The summed E-state index contributed by atoms with van der Waals surface area (Å²) in [6.07, 6.45) is 3.96. The number of aryl methyl sites for hydroxylation is 2. The number of aromatic nitrogens is 3. The monoisotopic (exact) mass is 329 g/mol. The lowest BCUT2D eigenvalue weighted by Gasteiger charge is -2.18. The third-order valence-electron chi connectivity index (χ3n) is 5.82. The fourth-order valence-electron chi connectivity index (χ4n) is 4.73. The molecule has 2 aliphatic rings. The van der Waals surface area contributed by atoms with Crippen LogP contribution in [0, 0.1) is 0 Å².